The molecule has 0 bridgehead atoms. The highest BCUT2D eigenvalue weighted by atomic mass is 16.1. The quantitative estimate of drug-likeness (QED) is 0.0649. The van der Waals surface area contributed by atoms with Crippen LogP contribution in [0.2, 0.25) is 0 Å². The summed E-state index contributed by atoms with van der Waals surface area (Å²) in [5.74, 6) is 1.63. The lowest BCUT2D eigenvalue weighted by Crippen LogP contribution is -2.21. The standard InChI is InChI=1S/C41H81NO2/c1-5-8-11-14-17-18-22-27-33-40(43)35-30-37-42(4)36-29-24-19-23-28-34-41(44)38-39(31-25-20-15-12-9-6-2)32-26-21-16-13-10-7-3/h39H,5-38H2,1-4H3. The monoisotopic (exact) mass is 620 g/mol. The maximum atomic E-state index is 12.8. The van der Waals surface area contributed by atoms with E-state index in [1.165, 1.54) is 161 Å². The third-order valence-electron chi connectivity index (χ3n) is 9.75. The van der Waals surface area contributed by atoms with Gasteiger partial charge in [0.15, 0.2) is 0 Å². The molecule has 0 aliphatic rings. The minimum absolute atomic E-state index is 0.468. The molecular weight excluding hydrogens is 538 g/mol. The third-order valence-corrected chi connectivity index (χ3v) is 9.75. The lowest BCUT2D eigenvalue weighted by Gasteiger charge is -2.17. The number of hydrogen-bond acceptors (Lipinski definition) is 3. The van der Waals surface area contributed by atoms with Crippen LogP contribution < -0.4 is 0 Å². The van der Waals surface area contributed by atoms with Crippen molar-refractivity contribution in [2.24, 2.45) is 5.92 Å². The zero-order valence-electron chi connectivity index (χ0n) is 30.9. The fraction of sp³-hybridized carbons (Fsp3) is 0.951. The van der Waals surface area contributed by atoms with Crippen LogP contribution >= 0.6 is 0 Å². The van der Waals surface area contributed by atoms with Crippen molar-refractivity contribution >= 4 is 11.6 Å². The minimum atomic E-state index is 0.468. The first-order valence-corrected chi connectivity index (χ1v) is 20.2. The van der Waals surface area contributed by atoms with Crippen LogP contribution in [0.1, 0.15) is 226 Å². The second kappa shape index (κ2) is 35.2. The van der Waals surface area contributed by atoms with Crippen molar-refractivity contribution in [3.63, 3.8) is 0 Å². The smallest absolute Gasteiger partial charge is 0.133 e. The number of hydrogen-bond donors (Lipinski definition) is 0. The summed E-state index contributed by atoms with van der Waals surface area (Å²) in [4.78, 5) is 27.4. The van der Waals surface area contributed by atoms with Crippen LogP contribution in [0.3, 0.4) is 0 Å². The van der Waals surface area contributed by atoms with Gasteiger partial charge in [0.25, 0.3) is 0 Å². The maximum absolute atomic E-state index is 12.8. The van der Waals surface area contributed by atoms with Gasteiger partial charge in [-0.3, -0.25) is 9.59 Å². The molecule has 3 heteroatoms. The van der Waals surface area contributed by atoms with E-state index in [2.05, 4.69) is 32.7 Å². The fourth-order valence-corrected chi connectivity index (χ4v) is 6.67. The molecule has 3 nitrogen and oxygen atoms in total. The average Bonchev–Trinajstić information content (AvgIpc) is 3.01. The topological polar surface area (TPSA) is 37.4 Å². The second-order valence-electron chi connectivity index (χ2n) is 14.4. The van der Waals surface area contributed by atoms with E-state index in [0.29, 0.717) is 17.5 Å². The Morgan fingerprint density at radius 3 is 1.23 bits per heavy atom. The molecule has 0 N–H and O–H groups in total. The van der Waals surface area contributed by atoms with Gasteiger partial charge in [-0.1, -0.05) is 175 Å². The molecule has 0 aromatic rings. The molecule has 0 aliphatic carbocycles. The highest BCUT2D eigenvalue weighted by molar-refractivity contribution is 5.78. The number of carbonyl (C=O) groups excluding carboxylic acids is 2. The molecule has 44 heavy (non-hydrogen) atoms. The van der Waals surface area contributed by atoms with Crippen LogP contribution in [0.25, 0.3) is 0 Å². The van der Waals surface area contributed by atoms with E-state index in [1.54, 1.807) is 0 Å². The lowest BCUT2D eigenvalue weighted by atomic mass is 9.89. The van der Waals surface area contributed by atoms with E-state index in [1.807, 2.05) is 0 Å². The van der Waals surface area contributed by atoms with E-state index >= 15 is 0 Å². The Hall–Kier alpha value is -0.700. The van der Waals surface area contributed by atoms with E-state index in [0.717, 1.165) is 58.0 Å². The van der Waals surface area contributed by atoms with Gasteiger partial charge < -0.3 is 4.90 Å². The SMILES string of the molecule is CCCCCCCCCCC(=O)CCCN(C)CCCCCCCC(=O)CC(CCCCCCCC)CCCCCCCC. The summed E-state index contributed by atoms with van der Waals surface area (Å²) in [6, 6.07) is 0. The summed E-state index contributed by atoms with van der Waals surface area (Å²) in [5, 5.41) is 0. The Morgan fingerprint density at radius 2 is 0.750 bits per heavy atom. The van der Waals surface area contributed by atoms with Crippen LogP contribution in [0.5, 0.6) is 0 Å². The summed E-state index contributed by atoms with van der Waals surface area (Å²) < 4.78 is 0. The second-order valence-corrected chi connectivity index (χ2v) is 14.4. The molecule has 0 unspecified atom stereocenters. The molecule has 0 rings (SSSR count). The molecule has 262 valence electrons. The first kappa shape index (κ1) is 43.3. The summed E-state index contributed by atoms with van der Waals surface area (Å²) in [5.41, 5.74) is 0. The van der Waals surface area contributed by atoms with Gasteiger partial charge in [-0.15, -0.1) is 0 Å². The molecule has 0 heterocycles. The van der Waals surface area contributed by atoms with Gasteiger partial charge in [-0.05, 0) is 51.7 Å². The molecule has 0 radical (unpaired) electrons. The van der Waals surface area contributed by atoms with Gasteiger partial charge in [-0.2, -0.15) is 0 Å². The van der Waals surface area contributed by atoms with Gasteiger partial charge in [0, 0.05) is 25.7 Å². The van der Waals surface area contributed by atoms with E-state index in [9.17, 15) is 9.59 Å². The molecule has 0 atom stereocenters. The van der Waals surface area contributed by atoms with Gasteiger partial charge in [0.05, 0.1) is 0 Å². The number of rotatable bonds is 37. The highest BCUT2D eigenvalue weighted by Gasteiger charge is 2.14. The Kier molecular flexibility index (Phi) is 34.6. The highest BCUT2D eigenvalue weighted by Crippen LogP contribution is 2.24. The zero-order valence-corrected chi connectivity index (χ0v) is 30.9. The van der Waals surface area contributed by atoms with Crippen LogP contribution in [-0.2, 0) is 9.59 Å². The Bertz CT molecular complexity index is 587. The average molecular weight is 620 g/mol. The molecule has 0 fully saturated rings. The van der Waals surface area contributed by atoms with Gasteiger partial charge in [0.1, 0.15) is 11.6 Å². The van der Waals surface area contributed by atoms with E-state index in [4.69, 9.17) is 0 Å². The van der Waals surface area contributed by atoms with Crippen molar-refractivity contribution in [1.82, 2.24) is 4.90 Å². The number of carbonyl (C=O) groups is 2. The van der Waals surface area contributed by atoms with E-state index < -0.39 is 0 Å². The normalized spacial score (nSPS) is 11.7. The molecule has 0 amide bonds. The van der Waals surface area contributed by atoms with Crippen LogP contribution in [0.15, 0.2) is 0 Å². The number of unbranched alkanes of at least 4 members (excludes halogenated alkanes) is 21. The lowest BCUT2D eigenvalue weighted by molar-refractivity contribution is -0.120. The predicted octanol–water partition coefficient (Wildman–Crippen LogP) is 13.2. The molecule has 0 spiro atoms. The van der Waals surface area contributed by atoms with Crippen LogP contribution in [0.4, 0.5) is 0 Å². The van der Waals surface area contributed by atoms with Crippen molar-refractivity contribution in [1.29, 1.82) is 0 Å². The van der Waals surface area contributed by atoms with Crippen molar-refractivity contribution in [3.8, 4) is 0 Å². The van der Waals surface area contributed by atoms with Crippen molar-refractivity contribution in [2.45, 2.75) is 226 Å². The van der Waals surface area contributed by atoms with Crippen LogP contribution in [0, 0.1) is 5.92 Å². The summed E-state index contributed by atoms with van der Waals surface area (Å²) in [7, 11) is 2.20. The molecule has 0 aromatic carbocycles. The molecule has 0 saturated carbocycles. The Labute approximate surface area is 277 Å². The largest absolute Gasteiger partial charge is 0.306 e. The first-order valence-electron chi connectivity index (χ1n) is 20.2. The summed E-state index contributed by atoms with van der Waals surface area (Å²) in [6.45, 7) is 9.00. The summed E-state index contributed by atoms with van der Waals surface area (Å²) >= 11 is 0. The molecular formula is C41H81NO2. The minimum Gasteiger partial charge on any atom is -0.306 e. The van der Waals surface area contributed by atoms with Gasteiger partial charge in [0.2, 0.25) is 0 Å². The number of ketones is 2. The van der Waals surface area contributed by atoms with Crippen LogP contribution in [-0.4, -0.2) is 36.6 Å². The zero-order chi connectivity index (χ0) is 32.4. The van der Waals surface area contributed by atoms with Gasteiger partial charge >= 0.3 is 0 Å². The van der Waals surface area contributed by atoms with E-state index in [-0.39, 0.29) is 0 Å². The van der Waals surface area contributed by atoms with Crippen molar-refractivity contribution in [2.75, 3.05) is 20.1 Å². The summed E-state index contributed by atoms with van der Waals surface area (Å²) in [6.07, 6.45) is 39.4. The third kappa shape index (κ3) is 32.7. The fourth-order valence-electron chi connectivity index (χ4n) is 6.67. The first-order chi connectivity index (χ1) is 21.5. The maximum Gasteiger partial charge on any atom is 0.133 e. The Morgan fingerprint density at radius 1 is 0.409 bits per heavy atom. The molecule has 0 saturated heterocycles. The number of Topliss-reactive ketones (excluding diaryl/α,β-unsaturated/α-hetero) is 2. The van der Waals surface area contributed by atoms with Crippen molar-refractivity contribution in [3.05, 3.63) is 0 Å². The van der Waals surface area contributed by atoms with Gasteiger partial charge in [-0.25, -0.2) is 0 Å². The molecule has 0 aliphatic heterocycles. The predicted molar refractivity (Wildman–Crippen MR) is 196 cm³/mol. The van der Waals surface area contributed by atoms with Crippen molar-refractivity contribution < 1.29 is 9.59 Å². The molecule has 0 aromatic heterocycles. The Balaban J connectivity index is 3.85. The number of nitrogens with zero attached hydrogens (tertiary/aromatic N) is 1.